The Kier molecular flexibility index (Phi) is 2.91. The minimum absolute atomic E-state index is 0.751. The van der Waals surface area contributed by atoms with Gasteiger partial charge in [-0.25, -0.2) is 4.98 Å². The van der Waals surface area contributed by atoms with Crippen LogP contribution in [0, 0.1) is 6.92 Å². The third-order valence-electron chi connectivity index (χ3n) is 2.95. The third kappa shape index (κ3) is 2.53. The zero-order chi connectivity index (χ0) is 11.7. The normalized spacial score (nSPS) is 15.1. The van der Waals surface area contributed by atoms with Crippen molar-refractivity contribution >= 4 is 11.3 Å². The lowest BCUT2D eigenvalue weighted by Gasteiger charge is -1.99. The molecular formula is C13H15N3S. The molecule has 0 spiro atoms. The molecule has 0 unspecified atom stereocenters. The fourth-order valence-corrected chi connectivity index (χ4v) is 2.75. The first-order valence-corrected chi connectivity index (χ1v) is 6.74. The summed E-state index contributed by atoms with van der Waals surface area (Å²) in [5.74, 6) is 0. The van der Waals surface area contributed by atoms with Crippen LogP contribution in [0.2, 0.25) is 0 Å². The van der Waals surface area contributed by atoms with Crippen LogP contribution >= 0.6 is 11.3 Å². The maximum atomic E-state index is 4.63. The van der Waals surface area contributed by atoms with Crippen molar-refractivity contribution in [3.63, 3.8) is 0 Å². The Morgan fingerprint density at radius 2 is 2.12 bits per heavy atom. The molecule has 4 heteroatoms. The van der Waals surface area contributed by atoms with Crippen molar-refractivity contribution in [1.82, 2.24) is 15.3 Å². The van der Waals surface area contributed by atoms with Gasteiger partial charge >= 0.3 is 0 Å². The predicted molar refractivity (Wildman–Crippen MR) is 69.9 cm³/mol. The molecule has 17 heavy (non-hydrogen) atoms. The van der Waals surface area contributed by atoms with Crippen molar-refractivity contribution in [3.05, 3.63) is 35.1 Å². The number of hydrogen-bond donors (Lipinski definition) is 1. The molecule has 1 aliphatic carbocycles. The van der Waals surface area contributed by atoms with Crippen LogP contribution in [0.25, 0.3) is 10.6 Å². The summed E-state index contributed by atoms with van der Waals surface area (Å²) in [7, 11) is 0. The first kappa shape index (κ1) is 10.9. The summed E-state index contributed by atoms with van der Waals surface area (Å²) in [5.41, 5.74) is 2.31. The van der Waals surface area contributed by atoms with Crippen molar-refractivity contribution in [3.8, 4) is 10.6 Å². The van der Waals surface area contributed by atoms with Crippen LogP contribution in [-0.4, -0.2) is 16.0 Å². The van der Waals surface area contributed by atoms with Gasteiger partial charge in [-0.3, -0.25) is 4.98 Å². The molecule has 1 saturated carbocycles. The lowest BCUT2D eigenvalue weighted by molar-refractivity contribution is 0.691. The highest BCUT2D eigenvalue weighted by Gasteiger charge is 2.21. The van der Waals surface area contributed by atoms with Crippen molar-refractivity contribution in [2.24, 2.45) is 0 Å². The number of thiazole rings is 1. The van der Waals surface area contributed by atoms with Crippen molar-refractivity contribution < 1.29 is 0 Å². The van der Waals surface area contributed by atoms with E-state index in [2.05, 4.69) is 22.2 Å². The van der Waals surface area contributed by atoms with E-state index in [4.69, 9.17) is 0 Å². The van der Waals surface area contributed by atoms with Gasteiger partial charge < -0.3 is 5.32 Å². The van der Waals surface area contributed by atoms with E-state index in [9.17, 15) is 0 Å². The quantitative estimate of drug-likeness (QED) is 0.900. The topological polar surface area (TPSA) is 37.8 Å². The second kappa shape index (κ2) is 4.55. The molecule has 2 aromatic heterocycles. The minimum atomic E-state index is 0.751. The SMILES string of the molecule is Cc1nc(-c2ccncc2)sc1CNC1CC1. The smallest absolute Gasteiger partial charge is 0.124 e. The van der Waals surface area contributed by atoms with Gasteiger partial charge in [0.1, 0.15) is 5.01 Å². The monoisotopic (exact) mass is 245 g/mol. The second-order valence-corrected chi connectivity index (χ2v) is 5.50. The van der Waals surface area contributed by atoms with E-state index in [1.165, 1.54) is 17.7 Å². The maximum absolute atomic E-state index is 4.63. The maximum Gasteiger partial charge on any atom is 0.124 e. The van der Waals surface area contributed by atoms with Gasteiger partial charge in [-0.15, -0.1) is 11.3 Å². The highest BCUT2D eigenvalue weighted by Crippen LogP contribution is 2.28. The fourth-order valence-electron chi connectivity index (χ4n) is 1.73. The third-order valence-corrected chi connectivity index (χ3v) is 4.16. The number of rotatable bonds is 4. The Balaban J connectivity index is 1.79. The van der Waals surface area contributed by atoms with Crippen LogP contribution in [0.15, 0.2) is 24.5 Å². The van der Waals surface area contributed by atoms with E-state index in [1.54, 1.807) is 11.3 Å². The van der Waals surface area contributed by atoms with Gasteiger partial charge in [-0.05, 0) is 31.9 Å². The molecule has 1 aliphatic rings. The number of hydrogen-bond acceptors (Lipinski definition) is 4. The molecule has 0 aliphatic heterocycles. The molecule has 3 nitrogen and oxygen atoms in total. The Bertz CT molecular complexity index is 503. The Hall–Kier alpha value is -1.26. The number of aromatic nitrogens is 2. The van der Waals surface area contributed by atoms with Crippen molar-refractivity contribution in [2.75, 3.05) is 0 Å². The standard InChI is InChI=1S/C13H15N3S/c1-9-12(8-15-11-2-3-11)17-13(16-9)10-4-6-14-7-5-10/h4-7,11,15H,2-3,8H2,1H3. The summed E-state index contributed by atoms with van der Waals surface area (Å²) in [4.78, 5) is 10.0. The van der Waals surface area contributed by atoms with Crippen LogP contribution in [0.5, 0.6) is 0 Å². The number of nitrogens with zero attached hydrogens (tertiary/aromatic N) is 2. The molecule has 1 fully saturated rings. The van der Waals surface area contributed by atoms with Gasteiger partial charge in [0.05, 0.1) is 5.69 Å². The zero-order valence-electron chi connectivity index (χ0n) is 9.81. The van der Waals surface area contributed by atoms with Crippen LogP contribution in [0.4, 0.5) is 0 Å². The van der Waals surface area contributed by atoms with E-state index >= 15 is 0 Å². The molecule has 0 aromatic carbocycles. The Morgan fingerprint density at radius 3 is 2.82 bits per heavy atom. The number of aryl methyl sites for hydroxylation is 1. The van der Waals surface area contributed by atoms with Crippen LogP contribution in [0.1, 0.15) is 23.4 Å². The highest BCUT2D eigenvalue weighted by molar-refractivity contribution is 7.15. The van der Waals surface area contributed by atoms with Gasteiger partial charge in [0.25, 0.3) is 0 Å². The average molecular weight is 245 g/mol. The van der Waals surface area contributed by atoms with Crippen molar-refractivity contribution in [1.29, 1.82) is 0 Å². The van der Waals surface area contributed by atoms with Gasteiger partial charge in [0.2, 0.25) is 0 Å². The van der Waals surface area contributed by atoms with Crippen LogP contribution in [-0.2, 0) is 6.54 Å². The molecule has 1 N–H and O–H groups in total. The fraction of sp³-hybridized carbons (Fsp3) is 0.385. The van der Waals surface area contributed by atoms with E-state index in [0.29, 0.717) is 0 Å². The van der Waals surface area contributed by atoms with Gasteiger partial charge in [-0.1, -0.05) is 0 Å². The summed E-state index contributed by atoms with van der Waals surface area (Å²) in [6, 6.07) is 4.77. The number of nitrogens with one attached hydrogen (secondary N) is 1. The predicted octanol–water partition coefficient (Wildman–Crippen LogP) is 2.77. The molecule has 88 valence electrons. The van der Waals surface area contributed by atoms with Crippen LogP contribution < -0.4 is 5.32 Å². The van der Waals surface area contributed by atoms with E-state index in [1.807, 2.05) is 24.5 Å². The molecule has 0 atom stereocenters. The molecule has 0 bridgehead atoms. The van der Waals surface area contributed by atoms with Gasteiger partial charge in [0.15, 0.2) is 0 Å². The summed E-state index contributed by atoms with van der Waals surface area (Å²) in [6.45, 7) is 3.05. The average Bonchev–Trinajstić information content (AvgIpc) is 3.12. The van der Waals surface area contributed by atoms with Crippen LogP contribution in [0.3, 0.4) is 0 Å². The largest absolute Gasteiger partial charge is 0.309 e. The summed E-state index contributed by atoms with van der Waals surface area (Å²) >= 11 is 1.78. The zero-order valence-corrected chi connectivity index (χ0v) is 10.6. The Morgan fingerprint density at radius 1 is 1.35 bits per heavy atom. The van der Waals surface area contributed by atoms with Crippen molar-refractivity contribution in [2.45, 2.75) is 32.4 Å². The minimum Gasteiger partial charge on any atom is -0.309 e. The summed E-state index contributed by atoms with van der Waals surface area (Å²) < 4.78 is 0. The first-order chi connectivity index (χ1) is 8.33. The second-order valence-electron chi connectivity index (χ2n) is 4.42. The summed E-state index contributed by atoms with van der Waals surface area (Å²) in [6.07, 6.45) is 6.28. The summed E-state index contributed by atoms with van der Waals surface area (Å²) in [5, 5.41) is 4.63. The molecular weight excluding hydrogens is 230 g/mol. The molecule has 3 rings (SSSR count). The molecule has 2 heterocycles. The van der Waals surface area contributed by atoms with Gasteiger partial charge in [0, 0.05) is 35.4 Å². The first-order valence-electron chi connectivity index (χ1n) is 5.93. The lowest BCUT2D eigenvalue weighted by atomic mass is 10.3. The molecule has 0 amide bonds. The number of pyridine rings is 1. The van der Waals surface area contributed by atoms with E-state index < -0.39 is 0 Å². The molecule has 2 aromatic rings. The lowest BCUT2D eigenvalue weighted by Crippen LogP contribution is -2.14. The van der Waals surface area contributed by atoms with E-state index in [-0.39, 0.29) is 0 Å². The molecule has 0 saturated heterocycles. The highest BCUT2D eigenvalue weighted by atomic mass is 32.1. The van der Waals surface area contributed by atoms with E-state index in [0.717, 1.165) is 28.9 Å². The van der Waals surface area contributed by atoms with Gasteiger partial charge in [-0.2, -0.15) is 0 Å². The Labute approximate surface area is 105 Å². The molecule has 0 radical (unpaired) electrons.